The fraction of sp³-hybridized carbons (Fsp3) is 0.923. The molecule has 4 heteroatoms. The summed E-state index contributed by atoms with van der Waals surface area (Å²) in [6, 6.07) is 0. The Kier molecular flexibility index (Phi) is 5.56. The first-order valence-electron chi connectivity index (χ1n) is 6.41. The Bertz CT molecular complexity index is 252. The maximum Gasteiger partial charge on any atom is 0.165 e. The van der Waals surface area contributed by atoms with Gasteiger partial charge in [0.1, 0.15) is 12.2 Å². The van der Waals surface area contributed by atoms with Crippen LogP contribution in [0.5, 0.6) is 0 Å². The van der Waals surface area contributed by atoms with Crippen molar-refractivity contribution >= 4 is 5.78 Å². The van der Waals surface area contributed by atoms with E-state index in [1.807, 2.05) is 6.92 Å². The summed E-state index contributed by atoms with van der Waals surface area (Å²) >= 11 is 0. The zero-order valence-electron chi connectivity index (χ0n) is 10.9. The molecule has 4 unspecified atom stereocenters. The molecule has 1 rings (SSSR count). The maximum absolute atomic E-state index is 12.2. The number of aliphatic hydroxyl groups excluding tert-OH is 2. The van der Waals surface area contributed by atoms with Crippen LogP contribution in [0.15, 0.2) is 0 Å². The third kappa shape index (κ3) is 3.76. The SMILES string of the molecule is CC(C)C1CCC(C)C(OCC(O)CO)C1=O. The van der Waals surface area contributed by atoms with Gasteiger partial charge in [0.05, 0.1) is 13.2 Å². The van der Waals surface area contributed by atoms with Gasteiger partial charge >= 0.3 is 0 Å². The van der Waals surface area contributed by atoms with Gasteiger partial charge in [-0.2, -0.15) is 0 Å². The molecular formula is C13H24O4. The van der Waals surface area contributed by atoms with Crippen LogP contribution in [0.3, 0.4) is 0 Å². The van der Waals surface area contributed by atoms with Crippen molar-refractivity contribution in [3.63, 3.8) is 0 Å². The molecule has 4 nitrogen and oxygen atoms in total. The second-order valence-corrected chi connectivity index (χ2v) is 5.40. The number of carbonyl (C=O) groups excluding carboxylic acids is 1. The number of hydrogen-bond acceptors (Lipinski definition) is 4. The van der Waals surface area contributed by atoms with E-state index >= 15 is 0 Å². The Balaban J connectivity index is 2.57. The number of ketones is 1. The zero-order chi connectivity index (χ0) is 13.0. The van der Waals surface area contributed by atoms with Gasteiger partial charge in [0.15, 0.2) is 5.78 Å². The van der Waals surface area contributed by atoms with E-state index in [1.54, 1.807) is 0 Å². The second-order valence-electron chi connectivity index (χ2n) is 5.40. The van der Waals surface area contributed by atoms with Crippen LogP contribution >= 0.6 is 0 Å². The first kappa shape index (κ1) is 14.6. The lowest BCUT2D eigenvalue weighted by atomic mass is 9.75. The van der Waals surface area contributed by atoms with Gasteiger partial charge in [-0.1, -0.05) is 20.8 Å². The van der Waals surface area contributed by atoms with E-state index in [4.69, 9.17) is 9.84 Å². The van der Waals surface area contributed by atoms with Crippen LogP contribution in [0.25, 0.3) is 0 Å². The van der Waals surface area contributed by atoms with E-state index in [2.05, 4.69) is 13.8 Å². The highest BCUT2D eigenvalue weighted by molar-refractivity contribution is 5.86. The van der Waals surface area contributed by atoms with Gasteiger partial charge in [-0.3, -0.25) is 4.79 Å². The average Bonchev–Trinajstić information content (AvgIpc) is 2.27. The molecule has 0 heterocycles. The molecule has 1 aliphatic carbocycles. The molecule has 1 saturated carbocycles. The number of carbonyl (C=O) groups is 1. The lowest BCUT2D eigenvalue weighted by Gasteiger charge is -2.34. The van der Waals surface area contributed by atoms with E-state index in [0.29, 0.717) is 5.92 Å². The van der Waals surface area contributed by atoms with Crippen molar-refractivity contribution in [3.05, 3.63) is 0 Å². The van der Waals surface area contributed by atoms with E-state index in [0.717, 1.165) is 12.8 Å². The Morgan fingerprint density at radius 2 is 2.06 bits per heavy atom. The Hall–Kier alpha value is -0.450. The van der Waals surface area contributed by atoms with Crippen molar-refractivity contribution < 1.29 is 19.7 Å². The Morgan fingerprint density at radius 1 is 1.41 bits per heavy atom. The molecule has 17 heavy (non-hydrogen) atoms. The highest BCUT2D eigenvalue weighted by atomic mass is 16.5. The van der Waals surface area contributed by atoms with Crippen molar-refractivity contribution in [2.75, 3.05) is 13.2 Å². The molecule has 1 aliphatic rings. The lowest BCUT2D eigenvalue weighted by Crippen LogP contribution is -2.43. The largest absolute Gasteiger partial charge is 0.394 e. The van der Waals surface area contributed by atoms with Gasteiger partial charge in [-0.25, -0.2) is 0 Å². The molecule has 4 atom stereocenters. The predicted octanol–water partition coefficient (Wildman–Crippen LogP) is 0.996. The van der Waals surface area contributed by atoms with Crippen LogP contribution in [0.4, 0.5) is 0 Å². The van der Waals surface area contributed by atoms with Crippen molar-refractivity contribution in [2.24, 2.45) is 17.8 Å². The Morgan fingerprint density at radius 3 is 2.59 bits per heavy atom. The van der Waals surface area contributed by atoms with Crippen LogP contribution < -0.4 is 0 Å². The quantitative estimate of drug-likeness (QED) is 0.757. The third-order valence-electron chi connectivity index (χ3n) is 3.58. The van der Waals surface area contributed by atoms with Crippen molar-refractivity contribution in [1.82, 2.24) is 0 Å². The minimum atomic E-state index is -0.894. The summed E-state index contributed by atoms with van der Waals surface area (Å²) in [6.07, 6.45) is 0.598. The molecule has 0 aromatic rings. The number of ether oxygens (including phenoxy) is 1. The highest BCUT2D eigenvalue weighted by Gasteiger charge is 2.38. The first-order valence-corrected chi connectivity index (χ1v) is 6.41. The molecule has 0 aromatic heterocycles. The van der Waals surface area contributed by atoms with Crippen molar-refractivity contribution in [1.29, 1.82) is 0 Å². The molecule has 2 N–H and O–H groups in total. The normalized spacial score (nSPS) is 31.9. The van der Waals surface area contributed by atoms with Crippen LogP contribution in [-0.4, -0.2) is 41.4 Å². The number of rotatable bonds is 5. The van der Waals surface area contributed by atoms with E-state index < -0.39 is 12.2 Å². The molecule has 1 fully saturated rings. The van der Waals surface area contributed by atoms with Gasteiger partial charge < -0.3 is 14.9 Å². The molecular weight excluding hydrogens is 220 g/mol. The summed E-state index contributed by atoms with van der Waals surface area (Å²) in [7, 11) is 0. The molecule has 0 saturated heterocycles. The fourth-order valence-corrected chi connectivity index (χ4v) is 2.40. The topological polar surface area (TPSA) is 66.8 Å². The standard InChI is InChI=1S/C13H24O4/c1-8(2)11-5-4-9(3)13(12(11)16)17-7-10(15)6-14/h8-11,13-15H,4-7H2,1-3H3. The number of hydrogen-bond donors (Lipinski definition) is 2. The van der Waals surface area contributed by atoms with Crippen LogP contribution in [-0.2, 0) is 9.53 Å². The number of aliphatic hydroxyl groups is 2. The van der Waals surface area contributed by atoms with Crippen LogP contribution in [0, 0.1) is 17.8 Å². The summed E-state index contributed by atoms with van der Waals surface area (Å²) in [5.74, 6) is 0.763. The molecule has 0 aliphatic heterocycles. The Labute approximate surface area is 103 Å². The molecule has 0 amide bonds. The summed E-state index contributed by atoms with van der Waals surface area (Å²) in [5, 5.41) is 18.0. The zero-order valence-corrected chi connectivity index (χ0v) is 10.9. The van der Waals surface area contributed by atoms with Gasteiger partial charge in [0, 0.05) is 5.92 Å². The third-order valence-corrected chi connectivity index (χ3v) is 3.58. The molecule has 0 spiro atoms. The monoisotopic (exact) mass is 244 g/mol. The summed E-state index contributed by atoms with van der Waals surface area (Å²) in [6.45, 7) is 5.81. The lowest BCUT2D eigenvalue weighted by molar-refractivity contribution is -0.147. The van der Waals surface area contributed by atoms with Crippen molar-refractivity contribution in [2.45, 2.75) is 45.8 Å². The van der Waals surface area contributed by atoms with E-state index in [1.165, 1.54) is 0 Å². The van der Waals surface area contributed by atoms with Crippen LogP contribution in [0.1, 0.15) is 33.6 Å². The molecule has 100 valence electrons. The summed E-state index contributed by atoms with van der Waals surface area (Å²) in [4.78, 5) is 12.2. The minimum absolute atomic E-state index is 0.0298. The molecule has 0 bridgehead atoms. The maximum atomic E-state index is 12.2. The van der Waals surface area contributed by atoms with Gasteiger partial charge in [-0.15, -0.1) is 0 Å². The van der Waals surface area contributed by atoms with Crippen LogP contribution in [0.2, 0.25) is 0 Å². The van der Waals surface area contributed by atoms with Gasteiger partial charge in [0.2, 0.25) is 0 Å². The molecule has 0 radical (unpaired) electrons. The fourth-order valence-electron chi connectivity index (χ4n) is 2.40. The average molecular weight is 244 g/mol. The number of Topliss-reactive ketones (excluding diaryl/α,β-unsaturated/α-hetero) is 1. The van der Waals surface area contributed by atoms with Gasteiger partial charge in [-0.05, 0) is 24.7 Å². The van der Waals surface area contributed by atoms with E-state index in [-0.39, 0.29) is 30.8 Å². The minimum Gasteiger partial charge on any atom is -0.394 e. The smallest absolute Gasteiger partial charge is 0.165 e. The predicted molar refractivity (Wildman–Crippen MR) is 64.6 cm³/mol. The van der Waals surface area contributed by atoms with Gasteiger partial charge in [0.25, 0.3) is 0 Å². The summed E-state index contributed by atoms with van der Waals surface area (Å²) in [5.41, 5.74) is 0. The van der Waals surface area contributed by atoms with E-state index in [9.17, 15) is 9.90 Å². The summed E-state index contributed by atoms with van der Waals surface area (Å²) < 4.78 is 5.48. The molecule has 0 aromatic carbocycles. The van der Waals surface area contributed by atoms with Crippen molar-refractivity contribution in [3.8, 4) is 0 Å². The highest BCUT2D eigenvalue weighted by Crippen LogP contribution is 2.32. The first-order chi connectivity index (χ1) is 7.97. The second kappa shape index (κ2) is 6.47.